The molecular formula is C24H25N3O4S. The van der Waals surface area contributed by atoms with Crippen molar-refractivity contribution in [2.24, 2.45) is 0 Å². The van der Waals surface area contributed by atoms with Gasteiger partial charge in [0.05, 0.1) is 4.90 Å². The van der Waals surface area contributed by atoms with Crippen LogP contribution in [0.2, 0.25) is 0 Å². The number of amides is 1. The van der Waals surface area contributed by atoms with Crippen LogP contribution in [0.4, 0.5) is 5.69 Å². The fourth-order valence-corrected chi connectivity index (χ4v) is 4.76. The van der Waals surface area contributed by atoms with Gasteiger partial charge in [-0.15, -0.1) is 0 Å². The first-order valence-corrected chi connectivity index (χ1v) is 11.9. The maximum absolute atomic E-state index is 12.8. The molecule has 166 valence electrons. The number of nitrogens with one attached hydrogen (secondary N) is 2. The van der Waals surface area contributed by atoms with Crippen LogP contribution in [-0.2, 0) is 10.0 Å². The van der Waals surface area contributed by atoms with Gasteiger partial charge < -0.3 is 10.1 Å². The highest BCUT2D eigenvalue weighted by molar-refractivity contribution is 7.92. The molecule has 0 atom stereocenters. The quantitative estimate of drug-likeness (QED) is 0.548. The van der Waals surface area contributed by atoms with Crippen LogP contribution in [0.5, 0.6) is 11.6 Å². The Morgan fingerprint density at radius 2 is 1.81 bits per heavy atom. The summed E-state index contributed by atoms with van der Waals surface area (Å²) in [4.78, 5) is 17.0. The van der Waals surface area contributed by atoms with Crippen LogP contribution in [0.25, 0.3) is 0 Å². The number of hydrogen-bond acceptors (Lipinski definition) is 5. The third-order valence-corrected chi connectivity index (χ3v) is 6.93. The van der Waals surface area contributed by atoms with Gasteiger partial charge in [-0.2, -0.15) is 0 Å². The smallest absolute Gasteiger partial charge is 0.262 e. The van der Waals surface area contributed by atoms with Crippen molar-refractivity contribution in [3.05, 3.63) is 77.5 Å². The van der Waals surface area contributed by atoms with Crippen LogP contribution in [0, 0.1) is 13.8 Å². The SMILES string of the molecule is Cc1ccc(C)c(S(=O)(=O)Nc2ccc(Oc3ncccc3C(=O)NC3CCC3)cc2)c1. The topological polar surface area (TPSA) is 97.4 Å². The molecule has 7 nitrogen and oxygen atoms in total. The fraction of sp³-hybridized carbons (Fsp3) is 0.250. The first-order valence-electron chi connectivity index (χ1n) is 10.5. The van der Waals surface area contributed by atoms with Gasteiger partial charge in [0, 0.05) is 17.9 Å². The second-order valence-electron chi connectivity index (χ2n) is 7.96. The standard InChI is InChI=1S/C24H25N3O4S/c1-16-8-9-17(2)22(15-16)32(29,30)27-19-10-12-20(13-11-19)31-24-21(7-4-14-25-24)23(28)26-18-5-3-6-18/h4,7-15,18,27H,3,5-6H2,1-2H3,(H,26,28). The number of carbonyl (C=O) groups excluding carboxylic acids is 1. The number of aryl methyl sites for hydroxylation is 2. The maximum atomic E-state index is 12.8. The third kappa shape index (κ3) is 4.91. The Morgan fingerprint density at radius 1 is 1.06 bits per heavy atom. The van der Waals surface area contributed by atoms with Gasteiger partial charge >= 0.3 is 0 Å². The Hall–Kier alpha value is -3.39. The van der Waals surface area contributed by atoms with Crippen LogP contribution in [-0.4, -0.2) is 25.4 Å². The number of pyridine rings is 1. The molecule has 1 aromatic heterocycles. The molecule has 32 heavy (non-hydrogen) atoms. The summed E-state index contributed by atoms with van der Waals surface area (Å²) in [6, 6.07) is 15.3. The molecule has 2 aromatic carbocycles. The van der Waals surface area contributed by atoms with Crippen molar-refractivity contribution in [3.8, 4) is 11.6 Å². The first kappa shape index (κ1) is 21.8. The molecular weight excluding hydrogens is 426 g/mol. The highest BCUT2D eigenvalue weighted by Gasteiger charge is 2.22. The van der Waals surface area contributed by atoms with Gasteiger partial charge in [0.15, 0.2) is 0 Å². The lowest BCUT2D eigenvalue weighted by atomic mass is 9.93. The number of anilines is 1. The molecule has 4 rings (SSSR count). The Bertz CT molecular complexity index is 1240. The summed E-state index contributed by atoms with van der Waals surface area (Å²) in [5.41, 5.74) is 2.31. The van der Waals surface area contributed by atoms with Crippen molar-refractivity contribution < 1.29 is 17.9 Å². The van der Waals surface area contributed by atoms with Crippen LogP contribution in [0.15, 0.2) is 65.7 Å². The van der Waals surface area contributed by atoms with Crippen molar-refractivity contribution in [1.29, 1.82) is 0 Å². The van der Waals surface area contributed by atoms with Gasteiger partial charge in [-0.1, -0.05) is 12.1 Å². The monoisotopic (exact) mass is 451 g/mol. The second kappa shape index (κ2) is 9.00. The molecule has 3 aromatic rings. The summed E-state index contributed by atoms with van der Waals surface area (Å²) in [6.45, 7) is 3.61. The summed E-state index contributed by atoms with van der Waals surface area (Å²) >= 11 is 0. The minimum atomic E-state index is -3.72. The molecule has 0 aliphatic heterocycles. The Morgan fingerprint density at radius 3 is 2.50 bits per heavy atom. The lowest BCUT2D eigenvalue weighted by Crippen LogP contribution is -2.39. The summed E-state index contributed by atoms with van der Waals surface area (Å²) in [6.07, 6.45) is 4.66. The molecule has 1 saturated carbocycles. The van der Waals surface area contributed by atoms with Gasteiger partial charge in [0.1, 0.15) is 11.3 Å². The zero-order valence-electron chi connectivity index (χ0n) is 18.0. The molecule has 0 radical (unpaired) electrons. The summed E-state index contributed by atoms with van der Waals surface area (Å²) in [5, 5.41) is 2.98. The lowest BCUT2D eigenvalue weighted by Gasteiger charge is -2.26. The van der Waals surface area contributed by atoms with Crippen molar-refractivity contribution in [3.63, 3.8) is 0 Å². The van der Waals surface area contributed by atoms with Gasteiger partial charge in [-0.25, -0.2) is 13.4 Å². The molecule has 1 heterocycles. The summed E-state index contributed by atoms with van der Waals surface area (Å²) < 4.78 is 34.0. The van der Waals surface area contributed by atoms with Crippen molar-refractivity contribution in [2.45, 2.75) is 44.0 Å². The van der Waals surface area contributed by atoms with Gasteiger partial charge in [-0.3, -0.25) is 9.52 Å². The predicted octanol–water partition coefficient (Wildman–Crippen LogP) is 4.57. The zero-order valence-corrected chi connectivity index (χ0v) is 18.8. The molecule has 1 amide bonds. The molecule has 0 unspecified atom stereocenters. The predicted molar refractivity (Wildman–Crippen MR) is 123 cm³/mol. The molecule has 0 saturated heterocycles. The normalized spacial score (nSPS) is 13.8. The Labute approximate surface area is 187 Å². The number of nitrogens with zero attached hydrogens (tertiary/aromatic N) is 1. The van der Waals surface area contributed by atoms with Gasteiger partial charge in [0.2, 0.25) is 5.88 Å². The number of rotatable bonds is 7. The van der Waals surface area contributed by atoms with E-state index in [1.165, 1.54) is 0 Å². The average molecular weight is 452 g/mol. The average Bonchev–Trinajstić information content (AvgIpc) is 2.74. The number of sulfonamides is 1. The van der Waals surface area contributed by atoms with E-state index in [1.807, 2.05) is 13.0 Å². The van der Waals surface area contributed by atoms with E-state index >= 15 is 0 Å². The van der Waals surface area contributed by atoms with E-state index in [1.54, 1.807) is 61.7 Å². The Balaban J connectivity index is 1.48. The van der Waals surface area contributed by atoms with E-state index in [4.69, 9.17) is 4.74 Å². The minimum absolute atomic E-state index is 0.202. The number of carbonyl (C=O) groups is 1. The molecule has 2 N–H and O–H groups in total. The van der Waals surface area contributed by atoms with Crippen LogP contribution >= 0.6 is 0 Å². The molecule has 8 heteroatoms. The second-order valence-corrected chi connectivity index (χ2v) is 9.61. The molecule has 0 spiro atoms. The third-order valence-electron chi connectivity index (χ3n) is 5.41. The highest BCUT2D eigenvalue weighted by atomic mass is 32.2. The number of ether oxygens (including phenoxy) is 1. The fourth-order valence-electron chi connectivity index (χ4n) is 3.37. The van der Waals surface area contributed by atoms with E-state index < -0.39 is 10.0 Å². The number of hydrogen-bond donors (Lipinski definition) is 2. The zero-order chi connectivity index (χ0) is 22.7. The molecule has 0 bridgehead atoms. The minimum Gasteiger partial charge on any atom is -0.438 e. The van der Waals surface area contributed by atoms with Crippen molar-refractivity contribution >= 4 is 21.6 Å². The number of benzene rings is 2. The van der Waals surface area contributed by atoms with Gasteiger partial charge in [-0.05, 0) is 86.7 Å². The molecule has 1 aliphatic rings. The van der Waals surface area contributed by atoms with Crippen LogP contribution in [0.3, 0.4) is 0 Å². The molecule has 1 aliphatic carbocycles. The van der Waals surface area contributed by atoms with Crippen molar-refractivity contribution in [2.75, 3.05) is 4.72 Å². The van der Waals surface area contributed by atoms with Gasteiger partial charge in [0.25, 0.3) is 15.9 Å². The van der Waals surface area contributed by atoms with E-state index in [0.29, 0.717) is 22.6 Å². The first-order chi connectivity index (χ1) is 15.3. The van der Waals surface area contributed by atoms with Crippen LogP contribution < -0.4 is 14.8 Å². The lowest BCUT2D eigenvalue weighted by molar-refractivity contribution is 0.0914. The van der Waals surface area contributed by atoms with E-state index in [0.717, 1.165) is 24.8 Å². The summed E-state index contributed by atoms with van der Waals surface area (Å²) in [7, 11) is -3.72. The number of aromatic nitrogens is 1. The largest absolute Gasteiger partial charge is 0.438 e. The highest BCUT2D eigenvalue weighted by Crippen LogP contribution is 2.27. The Kier molecular flexibility index (Phi) is 6.14. The van der Waals surface area contributed by atoms with E-state index in [9.17, 15) is 13.2 Å². The van der Waals surface area contributed by atoms with E-state index in [-0.39, 0.29) is 22.7 Å². The van der Waals surface area contributed by atoms with Crippen molar-refractivity contribution in [1.82, 2.24) is 10.3 Å². The summed E-state index contributed by atoms with van der Waals surface area (Å²) in [5.74, 6) is 0.430. The van der Waals surface area contributed by atoms with E-state index in [2.05, 4.69) is 15.0 Å². The van der Waals surface area contributed by atoms with Crippen LogP contribution in [0.1, 0.15) is 40.7 Å². The maximum Gasteiger partial charge on any atom is 0.262 e. The molecule has 1 fully saturated rings.